The summed E-state index contributed by atoms with van der Waals surface area (Å²) in [7, 11) is 1.74. The topological polar surface area (TPSA) is 82.5 Å². The summed E-state index contributed by atoms with van der Waals surface area (Å²) in [6, 6.07) is 13.3. The van der Waals surface area contributed by atoms with Crippen LogP contribution in [0.5, 0.6) is 0 Å². The summed E-state index contributed by atoms with van der Waals surface area (Å²) in [5, 5.41) is 13.9. The average Bonchev–Trinajstić information content (AvgIpc) is 2.92. The van der Waals surface area contributed by atoms with Crippen LogP contribution < -0.4 is 5.32 Å². The van der Waals surface area contributed by atoms with Gasteiger partial charge in [-0.3, -0.25) is 14.6 Å². The number of amides is 2. The van der Waals surface area contributed by atoms with Gasteiger partial charge in [0.2, 0.25) is 5.91 Å². The van der Waals surface area contributed by atoms with E-state index in [1.165, 1.54) is 6.92 Å². The average molecular weight is 396 g/mol. The zero-order chi connectivity index (χ0) is 20.9. The van der Waals surface area contributed by atoms with Gasteiger partial charge < -0.3 is 15.3 Å². The van der Waals surface area contributed by atoms with Crippen molar-refractivity contribution in [1.29, 1.82) is 0 Å². The summed E-state index contributed by atoms with van der Waals surface area (Å²) in [6.07, 6.45) is 5.28. The second-order valence-electron chi connectivity index (χ2n) is 7.93. The van der Waals surface area contributed by atoms with Crippen molar-refractivity contribution in [2.45, 2.75) is 50.2 Å². The van der Waals surface area contributed by atoms with E-state index < -0.39 is 6.10 Å². The molecule has 1 saturated carbocycles. The van der Waals surface area contributed by atoms with Crippen molar-refractivity contribution in [2.75, 3.05) is 13.6 Å². The summed E-state index contributed by atoms with van der Waals surface area (Å²) in [4.78, 5) is 30.1. The highest BCUT2D eigenvalue weighted by Crippen LogP contribution is 2.39. The second-order valence-corrected chi connectivity index (χ2v) is 7.93. The van der Waals surface area contributed by atoms with Crippen molar-refractivity contribution < 1.29 is 14.7 Å². The molecule has 1 aromatic carbocycles. The SMILES string of the molecule is CC(=O)NC[C@]1(c2ccccc2)CC[C@@H](O)[C@H](N(C)C(=O)c2cccnc2)CC1. The molecule has 0 radical (unpaired) electrons. The normalized spacial score (nSPS) is 24.4. The Morgan fingerprint density at radius 3 is 2.55 bits per heavy atom. The lowest BCUT2D eigenvalue weighted by atomic mass is 9.74. The summed E-state index contributed by atoms with van der Waals surface area (Å²) >= 11 is 0. The molecule has 0 unspecified atom stereocenters. The van der Waals surface area contributed by atoms with Crippen molar-refractivity contribution in [3.05, 3.63) is 66.0 Å². The smallest absolute Gasteiger partial charge is 0.255 e. The molecule has 3 rings (SSSR count). The number of nitrogens with zero attached hydrogens (tertiary/aromatic N) is 2. The number of benzene rings is 1. The molecule has 1 heterocycles. The van der Waals surface area contributed by atoms with E-state index in [0.717, 1.165) is 18.4 Å². The molecule has 1 aliphatic carbocycles. The lowest BCUT2D eigenvalue weighted by Crippen LogP contribution is -2.44. The van der Waals surface area contributed by atoms with Crippen LogP contribution in [0.1, 0.15) is 48.5 Å². The van der Waals surface area contributed by atoms with E-state index in [1.807, 2.05) is 18.2 Å². The third-order valence-corrected chi connectivity index (χ3v) is 6.07. The molecule has 0 bridgehead atoms. The summed E-state index contributed by atoms with van der Waals surface area (Å²) < 4.78 is 0. The van der Waals surface area contributed by atoms with E-state index >= 15 is 0 Å². The largest absolute Gasteiger partial charge is 0.391 e. The van der Waals surface area contributed by atoms with Crippen LogP contribution in [-0.2, 0) is 10.2 Å². The zero-order valence-corrected chi connectivity index (χ0v) is 17.0. The number of pyridine rings is 1. The van der Waals surface area contributed by atoms with Gasteiger partial charge in [-0.25, -0.2) is 0 Å². The monoisotopic (exact) mass is 395 g/mol. The Bertz CT molecular complexity index is 828. The lowest BCUT2D eigenvalue weighted by molar-refractivity contribution is -0.119. The van der Waals surface area contributed by atoms with Crippen LogP contribution in [0.2, 0.25) is 0 Å². The molecule has 29 heavy (non-hydrogen) atoms. The number of carbonyl (C=O) groups excluding carboxylic acids is 2. The van der Waals surface area contributed by atoms with Crippen LogP contribution in [0.25, 0.3) is 0 Å². The molecule has 6 heteroatoms. The van der Waals surface area contributed by atoms with E-state index in [9.17, 15) is 14.7 Å². The van der Waals surface area contributed by atoms with E-state index in [0.29, 0.717) is 24.9 Å². The second kappa shape index (κ2) is 9.18. The maximum absolute atomic E-state index is 12.9. The molecule has 2 N–H and O–H groups in total. The molecular weight excluding hydrogens is 366 g/mol. The van der Waals surface area contributed by atoms with E-state index in [-0.39, 0.29) is 23.3 Å². The molecule has 0 saturated heterocycles. The third kappa shape index (κ3) is 4.82. The fourth-order valence-electron chi connectivity index (χ4n) is 4.31. The Hall–Kier alpha value is -2.73. The number of hydrogen-bond donors (Lipinski definition) is 2. The van der Waals surface area contributed by atoms with Gasteiger partial charge >= 0.3 is 0 Å². The Kier molecular flexibility index (Phi) is 6.64. The quantitative estimate of drug-likeness (QED) is 0.762. The number of aliphatic hydroxyl groups excluding tert-OH is 1. The standard InChI is InChI=1S/C23H29N3O3/c1-17(27)25-16-23(19-8-4-3-5-9-19)12-10-20(21(28)11-13-23)26(2)22(29)18-7-6-14-24-15-18/h3-9,14-15,20-21,28H,10-13,16H2,1-2H3,(H,25,27)/t20-,21-,23-/m1/s1. The van der Waals surface area contributed by atoms with Gasteiger partial charge in [0.15, 0.2) is 0 Å². The molecule has 0 spiro atoms. The van der Waals surface area contributed by atoms with Crippen molar-refractivity contribution in [1.82, 2.24) is 15.2 Å². The Morgan fingerprint density at radius 2 is 1.90 bits per heavy atom. The van der Waals surface area contributed by atoms with E-state index in [2.05, 4.69) is 22.4 Å². The van der Waals surface area contributed by atoms with Gasteiger partial charge in [-0.15, -0.1) is 0 Å². The highest BCUT2D eigenvalue weighted by atomic mass is 16.3. The number of carbonyl (C=O) groups is 2. The molecule has 1 fully saturated rings. The number of hydrogen-bond acceptors (Lipinski definition) is 4. The van der Waals surface area contributed by atoms with Gasteiger partial charge in [0.05, 0.1) is 17.7 Å². The summed E-state index contributed by atoms with van der Waals surface area (Å²) in [6.45, 7) is 2.04. The van der Waals surface area contributed by atoms with Gasteiger partial charge in [-0.2, -0.15) is 0 Å². The summed E-state index contributed by atoms with van der Waals surface area (Å²) in [5.41, 5.74) is 1.41. The van der Waals surface area contributed by atoms with Crippen LogP contribution in [0, 0.1) is 0 Å². The fraction of sp³-hybridized carbons (Fsp3) is 0.435. The molecule has 154 valence electrons. The van der Waals surface area contributed by atoms with Crippen molar-refractivity contribution in [3.63, 3.8) is 0 Å². The van der Waals surface area contributed by atoms with Crippen molar-refractivity contribution in [2.24, 2.45) is 0 Å². The van der Waals surface area contributed by atoms with E-state index in [4.69, 9.17) is 0 Å². The van der Waals surface area contributed by atoms with Crippen LogP contribution in [0.15, 0.2) is 54.9 Å². The van der Waals surface area contributed by atoms with Crippen LogP contribution in [0.4, 0.5) is 0 Å². The zero-order valence-electron chi connectivity index (χ0n) is 17.0. The predicted molar refractivity (Wildman–Crippen MR) is 111 cm³/mol. The van der Waals surface area contributed by atoms with Crippen LogP contribution in [-0.4, -0.2) is 52.5 Å². The number of rotatable bonds is 5. The number of nitrogens with one attached hydrogen (secondary N) is 1. The molecule has 6 nitrogen and oxygen atoms in total. The fourth-order valence-corrected chi connectivity index (χ4v) is 4.31. The van der Waals surface area contributed by atoms with Gasteiger partial charge in [0.25, 0.3) is 5.91 Å². The predicted octanol–water partition coefficient (Wildman–Crippen LogP) is 2.53. The number of aliphatic hydroxyl groups is 1. The van der Waals surface area contributed by atoms with Crippen molar-refractivity contribution >= 4 is 11.8 Å². The lowest BCUT2D eigenvalue weighted by Gasteiger charge is -2.34. The van der Waals surface area contributed by atoms with Gasteiger partial charge in [-0.1, -0.05) is 30.3 Å². The minimum absolute atomic E-state index is 0.0643. The molecule has 1 aliphatic rings. The Morgan fingerprint density at radius 1 is 1.17 bits per heavy atom. The highest BCUT2D eigenvalue weighted by Gasteiger charge is 2.40. The first-order valence-electron chi connectivity index (χ1n) is 10.1. The Labute approximate surface area is 172 Å². The van der Waals surface area contributed by atoms with Gasteiger partial charge in [0.1, 0.15) is 0 Å². The first-order valence-corrected chi connectivity index (χ1v) is 10.1. The third-order valence-electron chi connectivity index (χ3n) is 6.07. The van der Waals surface area contributed by atoms with Crippen LogP contribution in [0.3, 0.4) is 0 Å². The maximum Gasteiger partial charge on any atom is 0.255 e. The first-order chi connectivity index (χ1) is 13.9. The maximum atomic E-state index is 12.9. The van der Waals surface area contributed by atoms with Gasteiger partial charge in [-0.05, 0) is 43.4 Å². The number of likely N-dealkylation sites (N-methyl/N-ethyl adjacent to an activating group) is 1. The summed E-state index contributed by atoms with van der Waals surface area (Å²) in [5.74, 6) is -0.207. The first kappa shape index (κ1) is 21.0. The molecule has 2 aromatic rings. The van der Waals surface area contributed by atoms with E-state index in [1.54, 1.807) is 36.5 Å². The van der Waals surface area contributed by atoms with Crippen LogP contribution >= 0.6 is 0 Å². The molecule has 3 atom stereocenters. The molecule has 0 aliphatic heterocycles. The Balaban J connectivity index is 1.83. The molecular formula is C23H29N3O3. The van der Waals surface area contributed by atoms with Gasteiger partial charge in [0, 0.05) is 38.3 Å². The van der Waals surface area contributed by atoms with Crippen molar-refractivity contribution in [3.8, 4) is 0 Å². The minimum atomic E-state index is -0.622. The highest BCUT2D eigenvalue weighted by molar-refractivity contribution is 5.93. The molecule has 1 aromatic heterocycles. The number of aromatic nitrogens is 1. The minimum Gasteiger partial charge on any atom is -0.391 e. The molecule has 2 amide bonds.